The summed E-state index contributed by atoms with van der Waals surface area (Å²) in [5.41, 5.74) is 2.95. The largest absolute Gasteiger partial charge is 0.365 e. The fraction of sp³-hybridized carbons (Fsp3) is 0. The monoisotopic (exact) mass is 306 g/mol. The Balaban J connectivity index is 1.75. The van der Waals surface area contributed by atoms with E-state index in [4.69, 9.17) is 16.4 Å². The van der Waals surface area contributed by atoms with Crippen molar-refractivity contribution in [1.29, 1.82) is 0 Å². The van der Waals surface area contributed by atoms with Gasteiger partial charge in [-0.15, -0.1) is 0 Å². The van der Waals surface area contributed by atoms with Gasteiger partial charge in [0.05, 0.1) is 11.8 Å². The van der Waals surface area contributed by atoms with Gasteiger partial charge in [-0.05, 0) is 18.2 Å². The number of hydrogen-bond acceptors (Lipinski definition) is 5. The van der Waals surface area contributed by atoms with Gasteiger partial charge >= 0.3 is 5.97 Å². The van der Waals surface area contributed by atoms with Gasteiger partial charge in [0, 0.05) is 23.5 Å². The molecule has 0 aliphatic carbocycles. The van der Waals surface area contributed by atoms with Crippen LogP contribution >= 0.6 is 11.6 Å². The van der Waals surface area contributed by atoms with Gasteiger partial charge < -0.3 is 4.84 Å². The quantitative estimate of drug-likeness (QED) is 0.754. The topological polar surface area (TPSA) is 68.5 Å². The van der Waals surface area contributed by atoms with E-state index < -0.39 is 11.8 Å². The van der Waals surface area contributed by atoms with Gasteiger partial charge in [-0.25, -0.2) is 24.2 Å². The minimum absolute atomic E-state index is 0.0380. The van der Waals surface area contributed by atoms with Crippen LogP contribution in [0.15, 0.2) is 42.9 Å². The normalized spacial score (nSPS) is 10.6. The first-order valence-corrected chi connectivity index (χ1v) is 6.23. The lowest BCUT2D eigenvalue weighted by atomic mass is 10.3. The van der Waals surface area contributed by atoms with Crippen LogP contribution in [0.5, 0.6) is 0 Å². The summed E-state index contributed by atoms with van der Waals surface area (Å²) < 4.78 is 14.9. The predicted molar refractivity (Wildman–Crippen MR) is 73.4 cm³/mol. The minimum Gasteiger partial charge on any atom is -0.338 e. The maximum absolute atomic E-state index is 13.5. The van der Waals surface area contributed by atoms with Crippen molar-refractivity contribution in [3.63, 3.8) is 0 Å². The van der Waals surface area contributed by atoms with Gasteiger partial charge in [0.2, 0.25) is 0 Å². The number of halogens is 2. The molecule has 1 aromatic carbocycles. The number of fused-ring (bicyclic) bond motifs is 1. The van der Waals surface area contributed by atoms with E-state index in [9.17, 15) is 9.18 Å². The third kappa shape index (κ3) is 2.77. The van der Waals surface area contributed by atoms with Crippen molar-refractivity contribution < 1.29 is 14.0 Å². The predicted octanol–water partition coefficient (Wildman–Crippen LogP) is 2.71. The summed E-state index contributed by atoms with van der Waals surface area (Å²) in [6, 6.07) is 5.54. The zero-order chi connectivity index (χ0) is 14.8. The molecule has 0 bridgehead atoms. The first-order chi connectivity index (χ1) is 10.1. The van der Waals surface area contributed by atoms with Crippen LogP contribution < -0.4 is 5.48 Å². The van der Waals surface area contributed by atoms with Crippen LogP contribution in [0.25, 0.3) is 5.65 Å². The molecule has 0 spiro atoms. The summed E-state index contributed by atoms with van der Waals surface area (Å²) in [6.45, 7) is 0. The van der Waals surface area contributed by atoms with Crippen molar-refractivity contribution in [2.45, 2.75) is 0 Å². The van der Waals surface area contributed by atoms with Crippen molar-refractivity contribution in [3.05, 3.63) is 59.3 Å². The van der Waals surface area contributed by atoms with Crippen LogP contribution in [0.4, 0.5) is 10.1 Å². The van der Waals surface area contributed by atoms with Crippen LogP contribution in [0.1, 0.15) is 10.4 Å². The number of nitrogens with one attached hydrogen (secondary N) is 1. The summed E-state index contributed by atoms with van der Waals surface area (Å²) in [5, 5.41) is 4.27. The third-order valence-electron chi connectivity index (χ3n) is 2.66. The number of rotatable bonds is 3. The molecule has 106 valence electrons. The van der Waals surface area contributed by atoms with Gasteiger partial charge in [-0.3, -0.25) is 0 Å². The summed E-state index contributed by atoms with van der Waals surface area (Å²) in [7, 11) is 0. The van der Waals surface area contributed by atoms with Crippen molar-refractivity contribution in [2.24, 2.45) is 0 Å². The van der Waals surface area contributed by atoms with Gasteiger partial charge in [-0.1, -0.05) is 11.6 Å². The first-order valence-electron chi connectivity index (χ1n) is 5.85. The summed E-state index contributed by atoms with van der Waals surface area (Å²) in [4.78, 5) is 20.7. The average molecular weight is 307 g/mol. The number of carbonyl (C=O) groups excluding carboxylic acids is 1. The Kier molecular flexibility index (Phi) is 3.41. The number of benzene rings is 1. The highest BCUT2D eigenvalue weighted by atomic mass is 35.5. The SMILES string of the molecule is O=C(ONc1cc(Cl)ccc1F)c1cnc2ccnn2c1. The van der Waals surface area contributed by atoms with Gasteiger partial charge in [0.15, 0.2) is 5.65 Å². The van der Waals surface area contributed by atoms with Crippen molar-refractivity contribution >= 4 is 28.9 Å². The fourth-order valence-electron chi connectivity index (χ4n) is 1.65. The zero-order valence-corrected chi connectivity index (χ0v) is 11.2. The van der Waals surface area contributed by atoms with Crippen LogP contribution in [-0.2, 0) is 4.84 Å². The molecule has 0 amide bonds. The summed E-state index contributed by atoms with van der Waals surface area (Å²) in [6.07, 6.45) is 4.35. The van der Waals surface area contributed by atoms with E-state index in [0.29, 0.717) is 10.7 Å². The minimum atomic E-state index is -0.723. The Morgan fingerprint density at radius 2 is 2.24 bits per heavy atom. The molecule has 0 saturated carbocycles. The molecule has 0 aliphatic heterocycles. The lowest BCUT2D eigenvalue weighted by Crippen LogP contribution is -2.13. The molecule has 8 heteroatoms. The average Bonchev–Trinajstić information content (AvgIpc) is 2.95. The van der Waals surface area contributed by atoms with Gasteiger partial charge in [0.1, 0.15) is 11.5 Å². The van der Waals surface area contributed by atoms with Crippen LogP contribution in [0.3, 0.4) is 0 Å². The van der Waals surface area contributed by atoms with Crippen molar-refractivity contribution in [1.82, 2.24) is 14.6 Å². The van der Waals surface area contributed by atoms with Crippen molar-refractivity contribution in [2.75, 3.05) is 5.48 Å². The lowest BCUT2D eigenvalue weighted by molar-refractivity contribution is 0.0594. The molecule has 0 fully saturated rings. The van der Waals surface area contributed by atoms with Crippen molar-refractivity contribution in [3.8, 4) is 0 Å². The Bertz CT molecular complexity index is 821. The Labute approximate surface area is 123 Å². The number of anilines is 1. The number of aromatic nitrogens is 3. The van der Waals surface area contributed by atoms with Gasteiger partial charge in [-0.2, -0.15) is 5.10 Å². The van der Waals surface area contributed by atoms with E-state index in [1.165, 1.54) is 29.0 Å². The van der Waals surface area contributed by atoms with Crippen LogP contribution in [0.2, 0.25) is 5.02 Å². The van der Waals surface area contributed by atoms with Crippen LogP contribution in [0, 0.1) is 5.82 Å². The van der Waals surface area contributed by atoms with E-state index in [0.717, 1.165) is 6.07 Å². The molecule has 3 rings (SSSR count). The molecule has 6 nitrogen and oxygen atoms in total. The number of hydrogen-bond donors (Lipinski definition) is 1. The van der Waals surface area contributed by atoms with E-state index in [2.05, 4.69) is 15.6 Å². The summed E-state index contributed by atoms with van der Waals surface area (Å²) >= 11 is 5.73. The smallest absolute Gasteiger partial charge is 0.338 e. The molecule has 21 heavy (non-hydrogen) atoms. The lowest BCUT2D eigenvalue weighted by Gasteiger charge is -2.08. The second kappa shape index (κ2) is 5.37. The first kappa shape index (κ1) is 13.3. The molecule has 1 N–H and O–H groups in total. The molecule has 3 aromatic rings. The maximum atomic E-state index is 13.5. The molecule has 0 unspecified atom stereocenters. The van der Waals surface area contributed by atoms with Crippen LogP contribution in [-0.4, -0.2) is 20.6 Å². The molecule has 2 heterocycles. The number of nitrogens with zero attached hydrogens (tertiary/aromatic N) is 3. The summed E-state index contributed by atoms with van der Waals surface area (Å²) in [5.74, 6) is -1.31. The Morgan fingerprint density at radius 3 is 3.10 bits per heavy atom. The molecule has 0 saturated heterocycles. The van der Waals surface area contributed by atoms with Gasteiger partial charge in [0.25, 0.3) is 0 Å². The number of carbonyl (C=O) groups is 1. The third-order valence-corrected chi connectivity index (χ3v) is 2.90. The highest BCUT2D eigenvalue weighted by Gasteiger charge is 2.11. The zero-order valence-electron chi connectivity index (χ0n) is 10.5. The molecular formula is C13H8ClFN4O2. The van der Waals surface area contributed by atoms with E-state index in [1.54, 1.807) is 12.3 Å². The standard InChI is InChI=1S/C13H8ClFN4O2/c14-9-1-2-10(15)11(5-9)18-21-13(20)8-6-16-12-3-4-17-19(12)7-8/h1-7,18H. The highest BCUT2D eigenvalue weighted by Crippen LogP contribution is 2.19. The highest BCUT2D eigenvalue weighted by molar-refractivity contribution is 6.30. The second-order valence-electron chi connectivity index (χ2n) is 4.09. The molecule has 0 atom stereocenters. The molecule has 0 radical (unpaired) electrons. The Hall–Kier alpha value is -2.67. The Morgan fingerprint density at radius 1 is 1.38 bits per heavy atom. The molecular weight excluding hydrogens is 299 g/mol. The molecule has 0 aliphatic rings. The fourth-order valence-corrected chi connectivity index (χ4v) is 1.82. The molecule has 2 aromatic heterocycles. The maximum Gasteiger partial charge on any atom is 0.365 e. The van der Waals surface area contributed by atoms with E-state index >= 15 is 0 Å². The van der Waals surface area contributed by atoms with E-state index in [1.807, 2.05) is 0 Å². The second-order valence-corrected chi connectivity index (χ2v) is 4.53. The van der Waals surface area contributed by atoms with E-state index in [-0.39, 0.29) is 11.3 Å².